The molecule has 6 heterocycles. The van der Waals surface area contributed by atoms with E-state index < -0.39 is 24.5 Å². The standard InChI is InChI=1S/C42H36N10O7S2/c53-36(40(55)59-52(42-46-14-12-35(48-42)38-10-4-24-61-38)31-6-2-8-33(26-31)57-22-20-50-18-16-44-29-50)27-39(54)58-51(41-45-13-11-34(47-41)37-9-3-23-60-37)30-5-1-7-32(25-30)56-21-19-49-17-15-43-28-49/h1-18,23-26,28-29,36,53H,19-22,27H2. The van der Waals surface area contributed by atoms with Crippen molar-refractivity contribution in [1.29, 1.82) is 0 Å². The molecule has 8 rings (SSSR count). The van der Waals surface area contributed by atoms with Gasteiger partial charge in [-0.15, -0.1) is 32.8 Å². The number of benzene rings is 2. The molecule has 2 aromatic carbocycles. The summed E-state index contributed by atoms with van der Waals surface area (Å²) in [5.41, 5.74) is 1.83. The van der Waals surface area contributed by atoms with E-state index in [-0.39, 0.29) is 11.9 Å². The number of aromatic nitrogens is 8. The van der Waals surface area contributed by atoms with Crippen molar-refractivity contribution in [2.45, 2.75) is 25.6 Å². The highest BCUT2D eigenvalue weighted by molar-refractivity contribution is 7.13. The maximum absolute atomic E-state index is 13.7. The number of nitrogens with zero attached hydrogens (tertiary/aromatic N) is 10. The molecule has 8 aromatic rings. The fourth-order valence-corrected chi connectivity index (χ4v) is 7.13. The molecule has 17 nitrogen and oxygen atoms in total. The molecule has 0 amide bonds. The predicted molar refractivity (Wildman–Crippen MR) is 226 cm³/mol. The van der Waals surface area contributed by atoms with Crippen molar-refractivity contribution < 1.29 is 33.8 Å². The molecule has 61 heavy (non-hydrogen) atoms. The molecule has 1 unspecified atom stereocenters. The van der Waals surface area contributed by atoms with Crippen molar-refractivity contribution in [3.63, 3.8) is 0 Å². The SMILES string of the molecule is O=C(CC(O)C(=O)ON(c1cccc(OCCn2ccnc2)c1)c1nccc(-c2cccs2)n1)ON(c1cccc(OCCn2ccnc2)c1)c1nccc(-c2cccs2)n1. The molecule has 1 N–H and O–H groups in total. The van der Waals surface area contributed by atoms with Crippen LogP contribution in [0.15, 0.2) is 146 Å². The molecule has 0 radical (unpaired) electrons. The maximum Gasteiger partial charge on any atom is 0.361 e. The van der Waals surface area contributed by atoms with Gasteiger partial charge in [-0.05, 0) is 59.3 Å². The molecule has 1 atom stereocenters. The van der Waals surface area contributed by atoms with Crippen LogP contribution in [0, 0.1) is 0 Å². The fourth-order valence-electron chi connectivity index (χ4n) is 5.74. The van der Waals surface area contributed by atoms with Gasteiger partial charge in [0.1, 0.15) is 24.7 Å². The van der Waals surface area contributed by atoms with Crippen molar-refractivity contribution >= 4 is 57.9 Å². The molecule has 0 bridgehead atoms. The van der Waals surface area contributed by atoms with Crippen LogP contribution in [0.5, 0.6) is 11.5 Å². The lowest BCUT2D eigenvalue weighted by molar-refractivity contribution is -0.160. The molecule has 0 saturated carbocycles. The number of anilines is 4. The first-order valence-corrected chi connectivity index (χ1v) is 20.5. The van der Waals surface area contributed by atoms with Gasteiger partial charge in [0.2, 0.25) is 0 Å². The summed E-state index contributed by atoms with van der Waals surface area (Å²) in [6.07, 6.45) is 10.7. The zero-order valence-electron chi connectivity index (χ0n) is 32.2. The Balaban J connectivity index is 1.00. The van der Waals surface area contributed by atoms with Crippen molar-refractivity contribution in [3.05, 3.63) is 146 Å². The van der Waals surface area contributed by atoms with Crippen LogP contribution in [0.1, 0.15) is 6.42 Å². The van der Waals surface area contributed by atoms with E-state index in [1.165, 1.54) is 28.9 Å². The predicted octanol–water partition coefficient (Wildman–Crippen LogP) is 6.92. The smallest absolute Gasteiger partial charge is 0.361 e. The van der Waals surface area contributed by atoms with E-state index in [1.54, 1.807) is 91.9 Å². The first-order valence-electron chi connectivity index (χ1n) is 18.8. The molecule has 0 aliphatic carbocycles. The Morgan fingerprint density at radius 2 is 1.18 bits per heavy atom. The summed E-state index contributed by atoms with van der Waals surface area (Å²) in [6, 6.07) is 24.6. The number of imidazole rings is 2. The first kappa shape index (κ1) is 40.3. The molecule has 0 fully saturated rings. The Bertz CT molecular complexity index is 2630. The Labute approximate surface area is 356 Å². The number of hydrogen-bond donors (Lipinski definition) is 1. The number of rotatable bonds is 19. The summed E-state index contributed by atoms with van der Waals surface area (Å²) >= 11 is 2.96. The lowest BCUT2D eigenvalue weighted by Gasteiger charge is -2.24. The second-order valence-electron chi connectivity index (χ2n) is 12.9. The number of aliphatic hydroxyl groups is 1. The van der Waals surface area contributed by atoms with Crippen LogP contribution < -0.4 is 19.6 Å². The van der Waals surface area contributed by atoms with E-state index in [4.69, 9.17) is 19.1 Å². The molecule has 308 valence electrons. The van der Waals surface area contributed by atoms with Crippen LogP contribution in [0.2, 0.25) is 0 Å². The number of ether oxygens (including phenoxy) is 2. The highest BCUT2D eigenvalue weighted by Crippen LogP contribution is 2.32. The normalized spacial score (nSPS) is 11.4. The van der Waals surface area contributed by atoms with E-state index in [1.807, 2.05) is 56.6 Å². The lowest BCUT2D eigenvalue weighted by atomic mass is 10.2. The first-order chi connectivity index (χ1) is 29.9. The van der Waals surface area contributed by atoms with Gasteiger partial charge in [0, 0.05) is 49.3 Å². The van der Waals surface area contributed by atoms with Gasteiger partial charge in [-0.3, -0.25) is 0 Å². The van der Waals surface area contributed by atoms with Crippen molar-refractivity contribution in [1.82, 2.24) is 39.0 Å². The lowest BCUT2D eigenvalue weighted by Crippen LogP contribution is -2.34. The van der Waals surface area contributed by atoms with E-state index in [0.29, 0.717) is 60.6 Å². The van der Waals surface area contributed by atoms with Gasteiger partial charge >= 0.3 is 11.9 Å². The minimum atomic E-state index is -1.98. The molecular weight excluding hydrogens is 821 g/mol. The van der Waals surface area contributed by atoms with E-state index in [0.717, 1.165) is 19.9 Å². The van der Waals surface area contributed by atoms with Crippen LogP contribution in [0.3, 0.4) is 0 Å². The van der Waals surface area contributed by atoms with Gasteiger partial charge in [0.25, 0.3) is 11.9 Å². The van der Waals surface area contributed by atoms with Gasteiger partial charge in [-0.1, -0.05) is 24.3 Å². The van der Waals surface area contributed by atoms with Crippen molar-refractivity contribution in [2.24, 2.45) is 0 Å². The van der Waals surface area contributed by atoms with Crippen LogP contribution >= 0.6 is 22.7 Å². The molecule has 0 aliphatic heterocycles. The number of thiophene rings is 2. The fraction of sp³-hybridized carbons (Fsp3) is 0.143. The van der Waals surface area contributed by atoms with Crippen molar-refractivity contribution in [3.8, 4) is 32.6 Å². The molecule has 0 saturated heterocycles. The second kappa shape index (κ2) is 19.5. The largest absolute Gasteiger partial charge is 0.492 e. The number of carbonyl (C=O) groups excluding carboxylic acids is 2. The Morgan fingerprint density at radius 1 is 0.656 bits per heavy atom. The van der Waals surface area contributed by atoms with Gasteiger partial charge in [-0.25, -0.2) is 39.5 Å². The summed E-state index contributed by atoms with van der Waals surface area (Å²) in [4.78, 5) is 66.9. The Kier molecular flexibility index (Phi) is 12.9. The molecule has 0 aliphatic rings. The Hall–Kier alpha value is -7.48. The average molecular weight is 857 g/mol. The van der Waals surface area contributed by atoms with Crippen LogP contribution in [-0.4, -0.2) is 75.4 Å². The average Bonchev–Trinajstić information content (AvgIpc) is 4.15. The number of aliphatic hydroxyl groups excluding tert-OH is 1. The molecule has 6 aromatic heterocycles. The Morgan fingerprint density at radius 3 is 1.66 bits per heavy atom. The number of carbonyl (C=O) groups is 2. The van der Waals surface area contributed by atoms with E-state index >= 15 is 0 Å². The quantitative estimate of drug-likeness (QED) is 0.0826. The minimum absolute atomic E-state index is 0.00864. The summed E-state index contributed by atoms with van der Waals surface area (Å²) in [5.74, 6) is -1.20. The van der Waals surface area contributed by atoms with Crippen LogP contribution in [-0.2, 0) is 32.4 Å². The highest BCUT2D eigenvalue weighted by atomic mass is 32.1. The van der Waals surface area contributed by atoms with Gasteiger partial charge in [0.15, 0.2) is 6.10 Å². The van der Waals surface area contributed by atoms with Gasteiger partial charge < -0.3 is 33.4 Å². The molecule has 19 heteroatoms. The maximum atomic E-state index is 13.7. The number of hydrogen-bond acceptors (Lipinski definition) is 17. The van der Waals surface area contributed by atoms with Crippen molar-refractivity contribution in [2.75, 3.05) is 23.3 Å². The summed E-state index contributed by atoms with van der Waals surface area (Å²) in [6.45, 7) is 1.77. The van der Waals surface area contributed by atoms with Gasteiger partial charge in [0.05, 0.1) is 64.7 Å². The summed E-state index contributed by atoms with van der Waals surface area (Å²) in [5, 5.41) is 17.2. The molecule has 0 spiro atoms. The van der Waals surface area contributed by atoms with Gasteiger partial charge in [-0.2, -0.15) is 0 Å². The van der Waals surface area contributed by atoms with Crippen LogP contribution in [0.4, 0.5) is 23.3 Å². The summed E-state index contributed by atoms with van der Waals surface area (Å²) in [7, 11) is 0. The highest BCUT2D eigenvalue weighted by Gasteiger charge is 2.29. The summed E-state index contributed by atoms with van der Waals surface area (Å²) < 4.78 is 15.7. The van der Waals surface area contributed by atoms with E-state index in [9.17, 15) is 14.7 Å². The third kappa shape index (κ3) is 10.6. The minimum Gasteiger partial charge on any atom is -0.492 e. The zero-order chi connectivity index (χ0) is 41.8. The zero-order valence-corrected chi connectivity index (χ0v) is 33.8. The third-order valence-corrected chi connectivity index (χ3v) is 10.4. The third-order valence-electron chi connectivity index (χ3n) is 8.66. The van der Waals surface area contributed by atoms with Crippen LogP contribution in [0.25, 0.3) is 21.1 Å². The topological polar surface area (TPSA) is 185 Å². The second-order valence-corrected chi connectivity index (χ2v) is 14.8. The monoisotopic (exact) mass is 856 g/mol. The molecular formula is C42H36N10O7S2. The van der Waals surface area contributed by atoms with E-state index in [2.05, 4.69) is 29.9 Å².